The lowest BCUT2D eigenvalue weighted by molar-refractivity contribution is -0.135. The Bertz CT molecular complexity index is 720. The Kier molecular flexibility index (Phi) is 8.50. The summed E-state index contributed by atoms with van der Waals surface area (Å²) in [7, 11) is 1.84. The highest BCUT2D eigenvalue weighted by Crippen LogP contribution is 2.39. The Balaban J connectivity index is 1.66. The number of hydrogen-bond acceptors (Lipinski definition) is 4. The van der Waals surface area contributed by atoms with Crippen LogP contribution in [0.25, 0.3) is 0 Å². The van der Waals surface area contributed by atoms with Crippen molar-refractivity contribution in [1.29, 1.82) is 0 Å². The van der Waals surface area contributed by atoms with Crippen molar-refractivity contribution in [2.75, 3.05) is 33.2 Å². The molecular formula is C25H39N3O3. The number of rotatable bonds is 7. The Morgan fingerprint density at radius 2 is 1.81 bits per heavy atom. The minimum absolute atomic E-state index is 0.0401. The molecule has 0 spiro atoms. The van der Waals surface area contributed by atoms with Gasteiger partial charge in [-0.25, -0.2) is 0 Å². The normalized spacial score (nSPS) is 27.3. The summed E-state index contributed by atoms with van der Waals surface area (Å²) in [6.07, 6.45) is 6.64. The average Bonchev–Trinajstić information content (AvgIpc) is 2.96. The Labute approximate surface area is 187 Å². The molecule has 1 heterocycles. The number of carbonyl (C=O) groups is 2. The van der Waals surface area contributed by atoms with Crippen LogP contribution in [0.1, 0.15) is 63.9 Å². The van der Waals surface area contributed by atoms with E-state index >= 15 is 0 Å². The van der Waals surface area contributed by atoms with Gasteiger partial charge in [-0.2, -0.15) is 0 Å². The van der Waals surface area contributed by atoms with Gasteiger partial charge >= 0.3 is 0 Å². The Morgan fingerprint density at radius 3 is 2.48 bits per heavy atom. The van der Waals surface area contributed by atoms with Gasteiger partial charge in [0.15, 0.2) is 0 Å². The zero-order valence-electron chi connectivity index (χ0n) is 19.2. The number of aliphatic hydroxyl groups is 1. The fourth-order valence-corrected chi connectivity index (χ4v) is 5.26. The minimum Gasteiger partial charge on any atom is -0.391 e. The van der Waals surface area contributed by atoms with Crippen molar-refractivity contribution in [3.05, 3.63) is 35.9 Å². The molecule has 3 rings (SSSR count). The molecule has 1 aliphatic heterocycles. The second-order valence-electron chi connectivity index (χ2n) is 9.43. The molecule has 1 saturated carbocycles. The zero-order chi connectivity index (χ0) is 22.3. The Hall–Kier alpha value is -1.92. The number of nitrogens with one attached hydrogen (secondary N) is 1. The largest absolute Gasteiger partial charge is 0.391 e. The van der Waals surface area contributed by atoms with Crippen LogP contribution < -0.4 is 5.32 Å². The van der Waals surface area contributed by atoms with Crippen molar-refractivity contribution >= 4 is 11.8 Å². The van der Waals surface area contributed by atoms with Gasteiger partial charge in [0.05, 0.1) is 12.1 Å². The van der Waals surface area contributed by atoms with Crippen LogP contribution in [-0.2, 0) is 15.0 Å². The number of benzene rings is 1. The highest BCUT2D eigenvalue weighted by atomic mass is 16.3. The van der Waals surface area contributed by atoms with Gasteiger partial charge in [0.25, 0.3) is 0 Å². The number of likely N-dealkylation sites (N-methyl/N-ethyl adjacent to an activating group) is 1. The summed E-state index contributed by atoms with van der Waals surface area (Å²) in [4.78, 5) is 28.7. The van der Waals surface area contributed by atoms with Crippen LogP contribution in [0.15, 0.2) is 30.3 Å². The van der Waals surface area contributed by atoms with Crippen molar-refractivity contribution in [2.45, 2.75) is 75.9 Å². The predicted octanol–water partition coefficient (Wildman–Crippen LogP) is 2.70. The molecule has 2 amide bonds. The molecule has 3 atom stereocenters. The van der Waals surface area contributed by atoms with Gasteiger partial charge in [-0.15, -0.1) is 0 Å². The zero-order valence-corrected chi connectivity index (χ0v) is 19.2. The molecule has 1 saturated heterocycles. The van der Waals surface area contributed by atoms with Crippen LogP contribution in [0, 0.1) is 0 Å². The number of aliphatic hydroxyl groups excluding tert-OH is 1. The molecule has 6 heteroatoms. The smallest absolute Gasteiger partial charge is 0.223 e. The maximum Gasteiger partial charge on any atom is 0.223 e. The number of hydrogen-bond donors (Lipinski definition) is 2. The van der Waals surface area contributed by atoms with E-state index in [9.17, 15) is 14.7 Å². The lowest BCUT2D eigenvalue weighted by atomic mass is 9.74. The van der Waals surface area contributed by atoms with Crippen LogP contribution in [-0.4, -0.2) is 72.1 Å². The highest BCUT2D eigenvalue weighted by Gasteiger charge is 2.39. The molecule has 6 nitrogen and oxygen atoms in total. The van der Waals surface area contributed by atoms with Crippen LogP contribution in [0.2, 0.25) is 0 Å². The summed E-state index contributed by atoms with van der Waals surface area (Å²) in [6.45, 7) is 5.08. The average molecular weight is 430 g/mol. The maximum atomic E-state index is 12.9. The maximum absolute atomic E-state index is 12.9. The third kappa shape index (κ3) is 6.30. The first-order valence-corrected chi connectivity index (χ1v) is 11.9. The first-order valence-electron chi connectivity index (χ1n) is 11.9. The van der Waals surface area contributed by atoms with E-state index < -0.39 is 6.10 Å². The SMILES string of the molecule is CC(=O)NC[C@]1(c2ccccc2)CC[C@H](O)[C@@H](N(C)C(=O)CCN2CCCCC2)CC1. The third-order valence-electron chi connectivity index (χ3n) is 7.32. The van der Waals surface area contributed by atoms with Crippen molar-refractivity contribution in [2.24, 2.45) is 0 Å². The van der Waals surface area contributed by atoms with E-state index in [1.54, 1.807) is 11.8 Å². The second kappa shape index (κ2) is 11.1. The van der Waals surface area contributed by atoms with E-state index in [0.717, 1.165) is 38.9 Å². The topological polar surface area (TPSA) is 72.9 Å². The van der Waals surface area contributed by atoms with Crippen LogP contribution in [0.4, 0.5) is 0 Å². The summed E-state index contributed by atoms with van der Waals surface area (Å²) in [6, 6.07) is 10.1. The number of nitrogens with zero attached hydrogens (tertiary/aromatic N) is 2. The number of amides is 2. The summed E-state index contributed by atoms with van der Waals surface area (Å²) in [5.41, 5.74) is 0.969. The lowest BCUT2D eigenvalue weighted by Gasteiger charge is -2.34. The number of piperidine rings is 1. The molecule has 0 bridgehead atoms. The molecule has 172 valence electrons. The molecule has 2 fully saturated rings. The number of likely N-dealkylation sites (tertiary alicyclic amines) is 1. The van der Waals surface area contributed by atoms with E-state index in [2.05, 4.69) is 22.3 Å². The second-order valence-corrected chi connectivity index (χ2v) is 9.43. The van der Waals surface area contributed by atoms with E-state index in [-0.39, 0.29) is 23.3 Å². The molecule has 0 radical (unpaired) electrons. The summed E-state index contributed by atoms with van der Waals surface area (Å²) in [5.74, 6) is 0.0744. The van der Waals surface area contributed by atoms with Gasteiger partial charge in [-0.1, -0.05) is 36.8 Å². The molecule has 0 aromatic heterocycles. The van der Waals surface area contributed by atoms with Gasteiger partial charge in [0.1, 0.15) is 0 Å². The van der Waals surface area contributed by atoms with Gasteiger partial charge < -0.3 is 20.2 Å². The third-order valence-corrected chi connectivity index (χ3v) is 7.32. The van der Waals surface area contributed by atoms with Gasteiger partial charge in [-0.3, -0.25) is 9.59 Å². The monoisotopic (exact) mass is 429 g/mol. The fourth-order valence-electron chi connectivity index (χ4n) is 5.26. The lowest BCUT2D eigenvalue weighted by Crippen LogP contribution is -2.45. The number of carbonyl (C=O) groups excluding carboxylic acids is 2. The summed E-state index contributed by atoms with van der Waals surface area (Å²) < 4.78 is 0. The van der Waals surface area contributed by atoms with E-state index in [4.69, 9.17) is 0 Å². The standard InChI is InChI=1S/C25H39N3O3/c1-20(29)26-19-25(21-9-5-3-6-10-21)14-11-22(23(30)12-15-25)27(2)24(31)13-18-28-16-7-4-8-17-28/h3,5-6,9-10,22-23,30H,4,7-8,11-19H2,1-2H3,(H,26,29)/t22-,23-,25+/m0/s1. The van der Waals surface area contributed by atoms with Crippen molar-refractivity contribution < 1.29 is 14.7 Å². The van der Waals surface area contributed by atoms with Gasteiger partial charge in [-0.05, 0) is 57.2 Å². The van der Waals surface area contributed by atoms with E-state index in [0.29, 0.717) is 19.4 Å². The summed E-state index contributed by atoms with van der Waals surface area (Å²) >= 11 is 0. The van der Waals surface area contributed by atoms with E-state index in [1.807, 2.05) is 25.2 Å². The van der Waals surface area contributed by atoms with Crippen molar-refractivity contribution in [1.82, 2.24) is 15.1 Å². The Morgan fingerprint density at radius 1 is 1.13 bits per heavy atom. The molecule has 2 N–H and O–H groups in total. The first-order chi connectivity index (χ1) is 14.9. The van der Waals surface area contributed by atoms with Crippen molar-refractivity contribution in [3.63, 3.8) is 0 Å². The molecule has 0 unspecified atom stereocenters. The highest BCUT2D eigenvalue weighted by molar-refractivity contribution is 5.76. The summed E-state index contributed by atoms with van der Waals surface area (Å²) in [5, 5.41) is 14.0. The molecule has 1 aliphatic carbocycles. The minimum atomic E-state index is -0.549. The van der Waals surface area contributed by atoms with Crippen LogP contribution >= 0.6 is 0 Å². The van der Waals surface area contributed by atoms with Gasteiger partial charge in [0.2, 0.25) is 11.8 Å². The first kappa shape index (κ1) is 23.7. The predicted molar refractivity (Wildman–Crippen MR) is 123 cm³/mol. The molecule has 2 aliphatic rings. The van der Waals surface area contributed by atoms with Crippen LogP contribution in [0.3, 0.4) is 0 Å². The molecule has 1 aromatic rings. The van der Waals surface area contributed by atoms with E-state index in [1.165, 1.54) is 24.8 Å². The quantitative estimate of drug-likeness (QED) is 0.654. The van der Waals surface area contributed by atoms with Gasteiger partial charge in [0, 0.05) is 38.9 Å². The fraction of sp³-hybridized carbons (Fsp3) is 0.680. The van der Waals surface area contributed by atoms with Crippen molar-refractivity contribution in [3.8, 4) is 0 Å². The molecule has 31 heavy (non-hydrogen) atoms. The van der Waals surface area contributed by atoms with Crippen LogP contribution in [0.5, 0.6) is 0 Å². The molecule has 1 aromatic carbocycles. The molecular weight excluding hydrogens is 390 g/mol.